The van der Waals surface area contributed by atoms with Crippen molar-refractivity contribution in [3.63, 3.8) is 0 Å². The average molecular weight is 469 g/mol. The minimum atomic E-state index is -0.307. The predicted octanol–water partition coefficient (Wildman–Crippen LogP) is 1.67. The van der Waals surface area contributed by atoms with Gasteiger partial charge in [0.25, 0.3) is 0 Å². The molecule has 5 heteroatoms. The fourth-order valence-electron chi connectivity index (χ4n) is 3.39. The first-order valence-corrected chi connectivity index (χ1v) is 8.16. The second kappa shape index (κ2) is 5.37. The zero-order chi connectivity index (χ0) is 14.3. The van der Waals surface area contributed by atoms with Gasteiger partial charge < -0.3 is 0 Å². The molecule has 0 saturated carbocycles. The number of nitrogens with zero attached hydrogens (tertiary/aromatic N) is 1. The van der Waals surface area contributed by atoms with Gasteiger partial charge in [-0.25, -0.2) is 0 Å². The normalized spacial score (nSPS) is 36.5. The maximum absolute atomic E-state index is 12.7. The van der Waals surface area contributed by atoms with Crippen LogP contribution in [0.15, 0.2) is 30.3 Å². The van der Waals surface area contributed by atoms with Crippen LogP contribution in [-0.4, -0.2) is 55.1 Å². The van der Waals surface area contributed by atoms with Crippen LogP contribution in [0.4, 0.5) is 0 Å². The maximum atomic E-state index is 12.7. The Morgan fingerprint density at radius 2 is 2.10 bits per heavy atom. The van der Waals surface area contributed by atoms with E-state index >= 15 is 0 Å². The summed E-state index contributed by atoms with van der Waals surface area (Å²) in [6, 6.07) is 9.96. The monoisotopic (exact) mass is 469 g/mol. The first-order valence-electron chi connectivity index (χ1n) is 6.86. The van der Waals surface area contributed by atoms with Crippen molar-refractivity contribution in [2.24, 2.45) is 11.8 Å². The van der Waals surface area contributed by atoms with E-state index in [1.54, 1.807) is 0 Å². The van der Waals surface area contributed by atoms with Gasteiger partial charge in [-0.1, -0.05) is 0 Å². The second-order valence-corrected chi connectivity index (χ2v) is 6.64. The van der Waals surface area contributed by atoms with Crippen LogP contribution in [0.25, 0.3) is 0 Å². The molecule has 1 aromatic rings. The van der Waals surface area contributed by atoms with Crippen molar-refractivity contribution in [2.75, 3.05) is 13.2 Å². The third-order valence-electron chi connectivity index (χ3n) is 4.82. The molecular formula is C15H18NO3Po. The van der Waals surface area contributed by atoms with E-state index in [0.29, 0.717) is 13.2 Å². The third kappa shape index (κ3) is 1.95. The summed E-state index contributed by atoms with van der Waals surface area (Å²) in [6.07, 6.45) is -0.277. The van der Waals surface area contributed by atoms with Gasteiger partial charge in [0.15, 0.2) is 0 Å². The van der Waals surface area contributed by atoms with E-state index in [-0.39, 0.29) is 29.5 Å². The molecule has 4 atom stereocenters. The SMILES string of the molecule is CC1[C@@H](C)C(=O)N2C(c3ccccc3)OC[C@@]12C[O][Po]. The minimum absolute atomic E-state index is 0.0234. The Morgan fingerprint density at radius 3 is 2.75 bits per heavy atom. The molecular weight excluding hydrogens is 451 g/mol. The van der Waals surface area contributed by atoms with Crippen molar-refractivity contribution < 1.29 is 12.3 Å². The van der Waals surface area contributed by atoms with Crippen molar-refractivity contribution in [2.45, 2.75) is 25.6 Å². The zero-order valence-corrected chi connectivity index (χ0v) is 14.8. The molecule has 107 valence electrons. The van der Waals surface area contributed by atoms with Crippen LogP contribution in [0.5, 0.6) is 0 Å². The summed E-state index contributed by atoms with van der Waals surface area (Å²) < 4.78 is 11.5. The van der Waals surface area contributed by atoms with Crippen LogP contribution >= 0.6 is 0 Å². The molecule has 2 heterocycles. The molecule has 0 spiro atoms. The Bertz CT molecular complexity index is 509. The van der Waals surface area contributed by atoms with Gasteiger partial charge in [-0.15, -0.1) is 0 Å². The van der Waals surface area contributed by atoms with E-state index in [0.717, 1.165) is 31.1 Å². The summed E-state index contributed by atoms with van der Waals surface area (Å²) in [7, 11) is 0. The number of amides is 1. The number of carbonyl (C=O) groups is 1. The van der Waals surface area contributed by atoms with E-state index < -0.39 is 0 Å². The number of benzene rings is 1. The summed E-state index contributed by atoms with van der Waals surface area (Å²) in [5, 5.41) is 0. The number of rotatable bonds is 3. The Labute approximate surface area is 135 Å². The van der Waals surface area contributed by atoms with Crippen LogP contribution < -0.4 is 0 Å². The predicted molar refractivity (Wildman–Crippen MR) is 74.7 cm³/mol. The van der Waals surface area contributed by atoms with Gasteiger partial charge >= 0.3 is 135 Å². The average Bonchev–Trinajstić information content (AvgIpc) is 2.93. The molecule has 3 rings (SSSR count). The summed E-state index contributed by atoms with van der Waals surface area (Å²) in [5.74, 6) is 0.439. The van der Waals surface area contributed by atoms with Gasteiger partial charge in [-0.3, -0.25) is 0 Å². The topological polar surface area (TPSA) is 38.8 Å². The number of fused-ring (bicyclic) bond motifs is 1. The molecule has 20 heavy (non-hydrogen) atoms. The first kappa shape index (κ1) is 14.4. The molecule has 1 amide bonds. The molecule has 0 bridgehead atoms. The summed E-state index contributed by atoms with van der Waals surface area (Å²) in [6.45, 7) is 5.26. The molecule has 2 aliphatic heterocycles. The first-order chi connectivity index (χ1) is 9.62. The molecule has 0 aliphatic carbocycles. The Morgan fingerprint density at radius 1 is 1.40 bits per heavy atom. The third-order valence-corrected chi connectivity index (χ3v) is 5.28. The Kier molecular flexibility index (Phi) is 3.88. The van der Waals surface area contributed by atoms with Crippen LogP contribution in [0, 0.1) is 11.8 Å². The number of hydrogen-bond donors (Lipinski definition) is 0. The van der Waals surface area contributed by atoms with Crippen molar-refractivity contribution in [3.8, 4) is 0 Å². The van der Waals surface area contributed by atoms with E-state index in [4.69, 9.17) is 7.51 Å². The van der Waals surface area contributed by atoms with E-state index in [1.165, 1.54) is 0 Å². The molecule has 2 fully saturated rings. The van der Waals surface area contributed by atoms with Crippen LogP contribution in [0.2, 0.25) is 0 Å². The van der Waals surface area contributed by atoms with Crippen LogP contribution in [-0.2, 0) is 12.3 Å². The number of ether oxygens (including phenoxy) is 1. The van der Waals surface area contributed by atoms with E-state index in [1.807, 2.05) is 42.2 Å². The Hall–Kier alpha value is -0.494. The molecule has 0 N–H and O–H groups in total. The molecule has 2 unspecified atom stereocenters. The molecule has 2 saturated heterocycles. The van der Waals surface area contributed by atoms with Crippen molar-refractivity contribution in [1.82, 2.24) is 4.90 Å². The standard InChI is InChI=1S/C15H18NO3.Po/c1-10-11(2)15(8-17)9-19-14(16(15)13(10)18)12-6-4-3-5-7-12;/h3-7,10-11,14H,8-9H2,1-2H3;/q-1;+1/t10-,11?,14?,15+;/m1./s1. The summed E-state index contributed by atoms with van der Waals surface area (Å²) >= 11 is 1.08. The molecule has 1 aromatic carbocycles. The van der Waals surface area contributed by atoms with Crippen molar-refractivity contribution in [3.05, 3.63) is 35.9 Å². The fraction of sp³-hybridized carbons (Fsp3) is 0.533. The van der Waals surface area contributed by atoms with Gasteiger partial charge in [0.05, 0.1) is 0 Å². The van der Waals surface area contributed by atoms with Crippen molar-refractivity contribution in [1.29, 1.82) is 0 Å². The summed E-state index contributed by atoms with van der Waals surface area (Å²) in [4.78, 5) is 14.6. The van der Waals surface area contributed by atoms with Gasteiger partial charge in [0, 0.05) is 0 Å². The second-order valence-electron chi connectivity index (χ2n) is 5.73. The zero-order valence-electron chi connectivity index (χ0n) is 11.6. The molecule has 2 aliphatic rings. The van der Waals surface area contributed by atoms with E-state index in [2.05, 4.69) is 6.92 Å². The number of carbonyl (C=O) groups excluding carboxylic acids is 1. The van der Waals surface area contributed by atoms with Gasteiger partial charge in [-0.05, 0) is 0 Å². The van der Waals surface area contributed by atoms with Crippen LogP contribution in [0.1, 0.15) is 25.6 Å². The summed E-state index contributed by atoms with van der Waals surface area (Å²) in [5.41, 5.74) is 0.728. The molecule has 0 aromatic heterocycles. The quantitative estimate of drug-likeness (QED) is 0.677. The van der Waals surface area contributed by atoms with Crippen molar-refractivity contribution >= 4 is 31.4 Å². The molecule has 1 radical (unpaired) electrons. The van der Waals surface area contributed by atoms with Crippen LogP contribution in [0.3, 0.4) is 0 Å². The van der Waals surface area contributed by atoms with Gasteiger partial charge in [-0.2, -0.15) is 0 Å². The van der Waals surface area contributed by atoms with Gasteiger partial charge in [0.2, 0.25) is 0 Å². The Balaban J connectivity index is 2.01. The molecule has 4 nitrogen and oxygen atoms in total. The fourth-order valence-corrected chi connectivity index (χ4v) is 4.19. The number of hydrogen-bond acceptors (Lipinski definition) is 3. The van der Waals surface area contributed by atoms with Gasteiger partial charge in [0.1, 0.15) is 0 Å². The van der Waals surface area contributed by atoms with E-state index in [9.17, 15) is 4.79 Å².